The fourth-order valence-corrected chi connectivity index (χ4v) is 6.94. The summed E-state index contributed by atoms with van der Waals surface area (Å²) < 4.78 is 16.7. The maximum absolute atomic E-state index is 12.7. The minimum Gasteiger partial charge on any atom is -0.462 e. The molecule has 0 aromatic heterocycles. The smallest absolute Gasteiger partial charge is 0.306 e. The molecule has 0 aliphatic heterocycles. The van der Waals surface area contributed by atoms with Gasteiger partial charge >= 0.3 is 17.9 Å². The molecule has 0 saturated heterocycles. The van der Waals surface area contributed by atoms with Crippen molar-refractivity contribution >= 4 is 17.9 Å². The molecule has 1 atom stereocenters. The summed E-state index contributed by atoms with van der Waals surface area (Å²) in [6, 6.07) is 0. The Kier molecular flexibility index (Phi) is 45.9. The van der Waals surface area contributed by atoms with Crippen molar-refractivity contribution in [2.45, 2.75) is 258 Å². The predicted molar refractivity (Wildman–Crippen MR) is 252 cm³/mol. The second kappa shape index (κ2) is 48.0. The van der Waals surface area contributed by atoms with Crippen LogP contribution in [-0.2, 0) is 28.6 Å². The fourth-order valence-electron chi connectivity index (χ4n) is 6.94. The molecule has 0 radical (unpaired) electrons. The van der Waals surface area contributed by atoms with E-state index in [2.05, 4.69) is 63.3 Å². The van der Waals surface area contributed by atoms with Gasteiger partial charge in [0.25, 0.3) is 0 Å². The van der Waals surface area contributed by atoms with Gasteiger partial charge in [-0.1, -0.05) is 198 Å². The quantitative estimate of drug-likeness (QED) is 0.0263. The Morgan fingerprint density at radius 3 is 1.07 bits per heavy atom. The van der Waals surface area contributed by atoms with Crippen LogP contribution in [0.2, 0.25) is 0 Å². The molecule has 0 aliphatic carbocycles. The van der Waals surface area contributed by atoms with Crippen LogP contribution >= 0.6 is 0 Å². The van der Waals surface area contributed by atoms with Gasteiger partial charge in [-0.2, -0.15) is 0 Å². The lowest BCUT2D eigenvalue weighted by atomic mass is 10.1. The zero-order valence-corrected chi connectivity index (χ0v) is 39.0. The Labute approximate surface area is 365 Å². The number of esters is 3. The summed E-state index contributed by atoms with van der Waals surface area (Å²) in [5.41, 5.74) is 0. The van der Waals surface area contributed by atoms with Gasteiger partial charge in [0.2, 0.25) is 0 Å². The Morgan fingerprint density at radius 2 is 0.661 bits per heavy atom. The summed E-state index contributed by atoms with van der Waals surface area (Å²) in [7, 11) is 0. The maximum atomic E-state index is 12.7. The van der Waals surface area contributed by atoms with Crippen molar-refractivity contribution in [3.8, 4) is 0 Å². The molecule has 0 N–H and O–H groups in total. The second-order valence-electron chi connectivity index (χ2n) is 16.7. The van der Waals surface area contributed by atoms with E-state index in [1.165, 1.54) is 128 Å². The molecule has 0 rings (SSSR count). The van der Waals surface area contributed by atoms with Gasteiger partial charge in [-0.25, -0.2) is 0 Å². The first kappa shape index (κ1) is 56.4. The molecule has 59 heavy (non-hydrogen) atoms. The lowest BCUT2D eigenvalue weighted by Gasteiger charge is -2.18. The van der Waals surface area contributed by atoms with E-state index in [1.54, 1.807) is 0 Å². The maximum Gasteiger partial charge on any atom is 0.306 e. The second-order valence-corrected chi connectivity index (χ2v) is 16.7. The van der Waals surface area contributed by atoms with Gasteiger partial charge in [-0.3, -0.25) is 14.4 Å². The van der Waals surface area contributed by atoms with E-state index in [0.717, 1.165) is 77.0 Å². The van der Waals surface area contributed by atoms with Crippen molar-refractivity contribution in [3.63, 3.8) is 0 Å². The fraction of sp³-hybridized carbons (Fsp3) is 0.792. The molecule has 0 amide bonds. The highest BCUT2D eigenvalue weighted by atomic mass is 16.6. The molecule has 0 aliphatic rings. The first-order valence-electron chi connectivity index (χ1n) is 25.1. The van der Waals surface area contributed by atoms with Crippen molar-refractivity contribution in [3.05, 3.63) is 48.6 Å². The van der Waals surface area contributed by atoms with E-state index < -0.39 is 6.10 Å². The monoisotopic (exact) mass is 827 g/mol. The number of hydrogen-bond donors (Lipinski definition) is 0. The Morgan fingerprint density at radius 1 is 0.339 bits per heavy atom. The molecular weight excluding hydrogens is 733 g/mol. The van der Waals surface area contributed by atoms with Crippen LogP contribution in [0.3, 0.4) is 0 Å². The summed E-state index contributed by atoms with van der Waals surface area (Å²) >= 11 is 0. The number of carbonyl (C=O) groups excluding carboxylic acids is 3. The van der Waals surface area contributed by atoms with Crippen molar-refractivity contribution < 1.29 is 28.6 Å². The van der Waals surface area contributed by atoms with Crippen LogP contribution in [0.25, 0.3) is 0 Å². The summed E-state index contributed by atoms with van der Waals surface area (Å²) in [5, 5.41) is 0. The molecule has 0 aromatic carbocycles. The van der Waals surface area contributed by atoms with Crippen molar-refractivity contribution in [1.29, 1.82) is 0 Å². The highest BCUT2D eigenvalue weighted by Crippen LogP contribution is 2.14. The topological polar surface area (TPSA) is 78.9 Å². The molecule has 0 heterocycles. The van der Waals surface area contributed by atoms with E-state index in [0.29, 0.717) is 19.3 Å². The Bertz CT molecular complexity index is 1040. The molecule has 6 heteroatoms. The molecule has 0 saturated carbocycles. The van der Waals surface area contributed by atoms with Gasteiger partial charge in [0.1, 0.15) is 13.2 Å². The normalized spacial score (nSPS) is 12.4. The molecule has 6 nitrogen and oxygen atoms in total. The van der Waals surface area contributed by atoms with Gasteiger partial charge in [0.15, 0.2) is 6.10 Å². The predicted octanol–water partition coefficient (Wildman–Crippen LogP) is 16.3. The highest BCUT2D eigenvalue weighted by molar-refractivity contribution is 5.71. The number of allylic oxidation sites excluding steroid dienone is 8. The van der Waals surface area contributed by atoms with Gasteiger partial charge in [0.05, 0.1) is 0 Å². The van der Waals surface area contributed by atoms with E-state index >= 15 is 0 Å². The summed E-state index contributed by atoms with van der Waals surface area (Å²) in [6.45, 7) is 6.52. The first-order chi connectivity index (χ1) is 29.0. The standard InChI is InChI=1S/C53H94O6/c1-4-7-10-13-16-19-22-24-25-26-27-28-30-31-34-37-40-43-46-52(55)58-49-50(48-57-51(54)45-42-39-36-33-21-18-15-12-9-6-3)59-53(56)47-44-41-38-35-32-29-23-20-17-14-11-8-5-2/h15,18,27-29,32,38,41,50H,4-14,16-17,19-26,30-31,33-37,39-40,42-49H2,1-3H3/b18-15-,28-27-,32-29-,41-38-. The number of carbonyl (C=O) groups is 3. The largest absolute Gasteiger partial charge is 0.462 e. The Hall–Kier alpha value is -2.63. The molecule has 342 valence electrons. The minimum absolute atomic E-state index is 0.103. The van der Waals surface area contributed by atoms with Crippen LogP contribution in [0.5, 0.6) is 0 Å². The van der Waals surface area contributed by atoms with Gasteiger partial charge < -0.3 is 14.2 Å². The number of unbranched alkanes of at least 4 members (excludes halogenated alkanes) is 26. The molecular formula is C53H94O6. The third-order valence-corrected chi connectivity index (χ3v) is 10.8. The van der Waals surface area contributed by atoms with Crippen molar-refractivity contribution in [1.82, 2.24) is 0 Å². The van der Waals surface area contributed by atoms with Gasteiger partial charge in [0, 0.05) is 19.3 Å². The summed E-state index contributed by atoms with van der Waals surface area (Å²) in [6.07, 6.45) is 56.9. The molecule has 0 bridgehead atoms. The van der Waals surface area contributed by atoms with E-state index in [-0.39, 0.29) is 37.5 Å². The number of hydrogen-bond acceptors (Lipinski definition) is 6. The number of rotatable bonds is 45. The van der Waals surface area contributed by atoms with Crippen LogP contribution in [0.1, 0.15) is 252 Å². The zero-order valence-electron chi connectivity index (χ0n) is 39.0. The van der Waals surface area contributed by atoms with Crippen LogP contribution in [0, 0.1) is 0 Å². The van der Waals surface area contributed by atoms with Gasteiger partial charge in [-0.15, -0.1) is 0 Å². The van der Waals surface area contributed by atoms with Crippen LogP contribution in [0.4, 0.5) is 0 Å². The average molecular weight is 827 g/mol. The lowest BCUT2D eigenvalue weighted by molar-refractivity contribution is -0.166. The van der Waals surface area contributed by atoms with Crippen LogP contribution in [-0.4, -0.2) is 37.2 Å². The summed E-state index contributed by atoms with van der Waals surface area (Å²) in [4.78, 5) is 37.8. The van der Waals surface area contributed by atoms with Crippen LogP contribution in [0.15, 0.2) is 48.6 Å². The van der Waals surface area contributed by atoms with Gasteiger partial charge in [-0.05, 0) is 83.5 Å². The summed E-state index contributed by atoms with van der Waals surface area (Å²) in [5.74, 6) is -0.990. The zero-order chi connectivity index (χ0) is 43.0. The molecule has 0 fully saturated rings. The minimum atomic E-state index is -0.808. The van der Waals surface area contributed by atoms with E-state index in [4.69, 9.17) is 14.2 Å². The van der Waals surface area contributed by atoms with Crippen molar-refractivity contribution in [2.24, 2.45) is 0 Å². The molecule has 0 spiro atoms. The number of ether oxygens (including phenoxy) is 3. The third kappa shape index (κ3) is 46.3. The van der Waals surface area contributed by atoms with E-state index in [1.807, 2.05) is 6.08 Å². The average Bonchev–Trinajstić information content (AvgIpc) is 3.23. The van der Waals surface area contributed by atoms with E-state index in [9.17, 15) is 14.4 Å². The highest BCUT2D eigenvalue weighted by Gasteiger charge is 2.19. The first-order valence-corrected chi connectivity index (χ1v) is 25.1. The Balaban J connectivity index is 4.39. The third-order valence-electron chi connectivity index (χ3n) is 10.8. The lowest BCUT2D eigenvalue weighted by Crippen LogP contribution is -2.30. The van der Waals surface area contributed by atoms with Crippen molar-refractivity contribution in [2.75, 3.05) is 13.2 Å². The molecule has 1 unspecified atom stereocenters. The van der Waals surface area contributed by atoms with Crippen LogP contribution < -0.4 is 0 Å². The molecule has 0 aromatic rings. The SMILES string of the molecule is CCCC/C=C\CCCCCCC(=O)OCC(COC(=O)CCCCCCC/C=C\CCCCCCCCCCC)OC(=O)CC/C=C\C/C=C\CCCCCCCC.